The van der Waals surface area contributed by atoms with Crippen molar-refractivity contribution in [2.75, 3.05) is 14.1 Å². The van der Waals surface area contributed by atoms with E-state index in [9.17, 15) is 0 Å². The highest BCUT2D eigenvalue weighted by atomic mass is 15.4. The smallest absolute Gasteiger partial charge is 0.193 e. The third kappa shape index (κ3) is 0.919. The fourth-order valence-corrected chi connectivity index (χ4v) is 2.56. The Morgan fingerprint density at radius 2 is 1.50 bits per heavy atom. The first-order chi connectivity index (χ1) is 5.72. The van der Waals surface area contributed by atoms with Gasteiger partial charge in [0.05, 0.1) is 12.1 Å². The molecule has 1 aliphatic heterocycles. The largest absolute Gasteiger partial charge is 0.341 e. The van der Waals surface area contributed by atoms with E-state index in [-0.39, 0.29) is 0 Å². The normalized spacial score (nSPS) is 35.7. The lowest BCUT2D eigenvalue weighted by Crippen LogP contribution is -2.37. The number of hydrogen-bond acceptors (Lipinski definition) is 1. The highest BCUT2D eigenvalue weighted by molar-refractivity contribution is 5.79. The minimum atomic E-state index is 0.622. The first kappa shape index (κ1) is 7.90. The molecule has 3 nitrogen and oxygen atoms in total. The molecular formula is C9H17N3. The number of nitrogens with one attached hydrogen (secondary N) is 1. The van der Waals surface area contributed by atoms with E-state index in [0.717, 1.165) is 0 Å². The standard InChI is InChI=1S/C9H17N3/c1-11-7-5-3-4-6-8(7)12(2)9(11)10/h7-8,10H,3-6H2,1-2H3/t7-,8+. The van der Waals surface area contributed by atoms with Crippen LogP contribution in [0.15, 0.2) is 0 Å². The quantitative estimate of drug-likeness (QED) is 0.586. The van der Waals surface area contributed by atoms with Gasteiger partial charge in [0.1, 0.15) is 0 Å². The molecule has 1 N–H and O–H groups in total. The second-order valence-corrected chi connectivity index (χ2v) is 3.96. The van der Waals surface area contributed by atoms with Crippen molar-refractivity contribution < 1.29 is 0 Å². The van der Waals surface area contributed by atoms with E-state index in [1.54, 1.807) is 0 Å². The fraction of sp³-hybridized carbons (Fsp3) is 0.889. The second-order valence-electron chi connectivity index (χ2n) is 3.96. The van der Waals surface area contributed by atoms with Crippen molar-refractivity contribution in [2.24, 2.45) is 0 Å². The third-order valence-electron chi connectivity index (χ3n) is 3.36. The molecule has 1 aliphatic carbocycles. The van der Waals surface area contributed by atoms with E-state index in [4.69, 9.17) is 5.41 Å². The van der Waals surface area contributed by atoms with Gasteiger partial charge in [-0.1, -0.05) is 12.8 Å². The molecule has 0 bridgehead atoms. The van der Waals surface area contributed by atoms with Crippen LogP contribution >= 0.6 is 0 Å². The van der Waals surface area contributed by atoms with Crippen LogP contribution in [0.3, 0.4) is 0 Å². The summed E-state index contributed by atoms with van der Waals surface area (Å²) in [5.74, 6) is 0.701. The van der Waals surface area contributed by atoms with E-state index in [1.807, 2.05) is 0 Å². The molecule has 12 heavy (non-hydrogen) atoms. The highest BCUT2D eigenvalue weighted by Gasteiger charge is 2.40. The zero-order valence-corrected chi connectivity index (χ0v) is 7.88. The zero-order valence-electron chi connectivity index (χ0n) is 7.88. The van der Waals surface area contributed by atoms with Gasteiger partial charge in [-0.3, -0.25) is 5.41 Å². The molecule has 0 spiro atoms. The average molecular weight is 167 g/mol. The molecule has 2 rings (SSSR count). The van der Waals surface area contributed by atoms with Gasteiger partial charge in [0.2, 0.25) is 0 Å². The summed E-state index contributed by atoms with van der Waals surface area (Å²) in [6.45, 7) is 0. The van der Waals surface area contributed by atoms with E-state index in [2.05, 4.69) is 23.9 Å². The number of hydrogen-bond donors (Lipinski definition) is 1. The molecule has 0 aromatic heterocycles. The zero-order chi connectivity index (χ0) is 8.72. The summed E-state index contributed by atoms with van der Waals surface area (Å²) in [6.07, 6.45) is 5.22. The van der Waals surface area contributed by atoms with Gasteiger partial charge in [-0.15, -0.1) is 0 Å². The Labute approximate surface area is 73.9 Å². The Kier molecular flexibility index (Phi) is 1.74. The molecule has 0 unspecified atom stereocenters. The maximum Gasteiger partial charge on any atom is 0.193 e. The monoisotopic (exact) mass is 167 g/mol. The molecule has 1 heterocycles. The van der Waals surface area contributed by atoms with Gasteiger partial charge in [-0.05, 0) is 12.8 Å². The van der Waals surface area contributed by atoms with E-state index in [1.165, 1.54) is 25.7 Å². The van der Waals surface area contributed by atoms with Gasteiger partial charge in [0.15, 0.2) is 5.96 Å². The first-order valence-corrected chi connectivity index (χ1v) is 4.76. The number of guanidine groups is 1. The van der Waals surface area contributed by atoms with E-state index in [0.29, 0.717) is 18.0 Å². The number of rotatable bonds is 0. The van der Waals surface area contributed by atoms with Crippen LogP contribution in [0.25, 0.3) is 0 Å². The van der Waals surface area contributed by atoms with Crippen molar-refractivity contribution in [1.82, 2.24) is 9.80 Å². The van der Waals surface area contributed by atoms with Gasteiger partial charge in [-0.2, -0.15) is 0 Å². The highest BCUT2D eigenvalue weighted by Crippen LogP contribution is 2.31. The van der Waals surface area contributed by atoms with Crippen LogP contribution in [0.5, 0.6) is 0 Å². The Morgan fingerprint density at radius 3 is 1.92 bits per heavy atom. The number of likely N-dealkylation sites (N-methyl/N-ethyl adjacent to an activating group) is 2. The van der Waals surface area contributed by atoms with Crippen LogP contribution in [0.2, 0.25) is 0 Å². The number of nitrogens with zero attached hydrogens (tertiary/aromatic N) is 2. The summed E-state index contributed by atoms with van der Waals surface area (Å²) in [6, 6.07) is 1.24. The molecule has 0 aromatic carbocycles. The van der Waals surface area contributed by atoms with Crippen LogP contribution in [0.4, 0.5) is 0 Å². The Hall–Kier alpha value is -0.730. The SMILES string of the molecule is CN1C(=N)N(C)[C@H]2CCCC[C@H]21. The lowest BCUT2D eigenvalue weighted by molar-refractivity contribution is 0.233. The summed E-state index contributed by atoms with van der Waals surface area (Å²) < 4.78 is 0. The fourth-order valence-electron chi connectivity index (χ4n) is 2.56. The predicted molar refractivity (Wildman–Crippen MR) is 49.3 cm³/mol. The van der Waals surface area contributed by atoms with Crippen LogP contribution < -0.4 is 0 Å². The molecule has 68 valence electrons. The van der Waals surface area contributed by atoms with Crippen molar-refractivity contribution in [2.45, 2.75) is 37.8 Å². The van der Waals surface area contributed by atoms with Gasteiger partial charge in [0, 0.05) is 14.1 Å². The van der Waals surface area contributed by atoms with Gasteiger partial charge < -0.3 is 9.80 Å². The molecule has 2 fully saturated rings. The summed E-state index contributed by atoms with van der Waals surface area (Å²) >= 11 is 0. The van der Waals surface area contributed by atoms with Gasteiger partial charge >= 0.3 is 0 Å². The van der Waals surface area contributed by atoms with E-state index >= 15 is 0 Å². The summed E-state index contributed by atoms with van der Waals surface area (Å²) in [4.78, 5) is 4.26. The predicted octanol–water partition coefficient (Wildman–Crippen LogP) is 1.11. The molecule has 0 aromatic rings. The van der Waals surface area contributed by atoms with E-state index < -0.39 is 0 Å². The van der Waals surface area contributed by atoms with Crippen molar-refractivity contribution >= 4 is 5.96 Å². The second kappa shape index (κ2) is 2.64. The van der Waals surface area contributed by atoms with Crippen LogP contribution in [0.1, 0.15) is 25.7 Å². The van der Waals surface area contributed by atoms with Crippen molar-refractivity contribution in [3.63, 3.8) is 0 Å². The first-order valence-electron chi connectivity index (χ1n) is 4.76. The van der Waals surface area contributed by atoms with Gasteiger partial charge in [-0.25, -0.2) is 0 Å². The molecule has 0 radical (unpaired) electrons. The Morgan fingerprint density at radius 1 is 1.08 bits per heavy atom. The third-order valence-corrected chi connectivity index (χ3v) is 3.36. The number of fused-ring (bicyclic) bond motifs is 1. The molecule has 3 heteroatoms. The van der Waals surface area contributed by atoms with Crippen LogP contribution in [-0.2, 0) is 0 Å². The van der Waals surface area contributed by atoms with Crippen molar-refractivity contribution in [3.8, 4) is 0 Å². The van der Waals surface area contributed by atoms with Crippen LogP contribution in [-0.4, -0.2) is 41.9 Å². The maximum absolute atomic E-state index is 7.81. The lowest BCUT2D eigenvalue weighted by atomic mass is 9.91. The molecule has 2 atom stereocenters. The molecule has 0 amide bonds. The summed E-state index contributed by atoms with van der Waals surface area (Å²) in [5, 5.41) is 7.81. The summed E-state index contributed by atoms with van der Waals surface area (Å²) in [5.41, 5.74) is 0. The van der Waals surface area contributed by atoms with Crippen LogP contribution in [0, 0.1) is 5.41 Å². The maximum atomic E-state index is 7.81. The van der Waals surface area contributed by atoms with Gasteiger partial charge in [0.25, 0.3) is 0 Å². The molecule has 1 saturated heterocycles. The summed E-state index contributed by atoms with van der Waals surface area (Å²) in [7, 11) is 4.10. The topological polar surface area (TPSA) is 30.3 Å². The molecule has 2 aliphatic rings. The molecule has 1 saturated carbocycles. The minimum absolute atomic E-state index is 0.622. The Bertz CT molecular complexity index is 182. The van der Waals surface area contributed by atoms with Crippen molar-refractivity contribution in [3.05, 3.63) is 0 Å². The Balaban J connectivity index is 2.19. The lowest BCUT2D eigenvalue weighted by Gasteiger charge is -2.29. The van der Waals surface area contributed by atoms with Crippen molar-refractivity contribution in [1.29, 1.82) is 5.41 Å². The minimum Gasteiger partial charge on any atom is -0.341 e. The average Bonchev–Trinajstić information content (AvgIpc) is 2.33. The molecular weight excluding hydrogens is 150 g/mol.